The molecule has 7 heteroatoms. The number of carbonyl (C=O) groups excluding carboxylic acids is 1. The average Bonchev–Trinajstić information content (AvgIpc) is 3.04. The lowest BCUT2D eigenvalue weighted by atomic mass is 10.1. The SMILES string of the molecule is CCCCOc1c(Cl)cc(C(=O)N2CCC(CNC)C2)cc1OC.Cl. The molecular formula is C18H28Cl2N2O3. The van der Waals surface area contributed by atoms with Crippen molar-refractivity contribution in [1.29, 1.82) is 0 Å². The van der Waals surface area contributed by atoms with Gasteiger partial charge in [-0.05, 0) is 44.5 Å². The van der Waals surface area contributed by atoms with Crippen molar-refractivity contribution in [2.45, 2.75) is 26.2 Å². The fourth-order valence-corrected chi connectivity index (χ4v) is 3.22. The van der Waals surface area contributed by atoms with E-state index < -0.39 is 0 Å². The summed E-state index contributed by atoms with van der Waals surface area (Å²) in [5.41, 5.74) is 0.546. The van der Waals surface area contributed by atoms with Gasteiger partial charge in [-0.15, -0.1) is 12.4 Å². The highest BCUT2D eigenvalue weighted by atomic mass is 35.5. The van der Waals surface area contributed by atoms with Gasteiger partial charge in [-0.1, -0.05) is 24.9 Å². The van der Waals surface area contributed by atoms with Crippen LogP contribution in [-0.4, -0.2) is 51.2 Å². The first kappa shape index (κ1) is 21.9. The van der Waals surface area contributed by atoms with Crippen LogP contribution in [0.3, 0.4) is 0 Å². The van der Waals surface area contributed by atoms with Crippen LogP contribution >= 0.6 is 24.0 Å². The van der Waals surface area contributed by atoms with Gasteiger partial charge in [0.1, 0.15) is 0 Å². The van der Waals surface area contributed by atoms with Gasteiger partial charge < -0.3 is 19.7 Å². The van der Waals surface area contributed by atoms with Gasteiger partial charge in [-0.25, -0.2) is 0 Å². The summed E-state index contributed by atoms with van der Waals surface area (Å²) >= 11 is 6.34. The molecule has 2 rings (SSSR count). The number of halogens is 2. The van der Waals surface area contributed by atoms with E-state index in [1.807, 2.05) is 11.9 Å². The Morgan fingerprint density at radius 3 is 2.84 bits per heavy atom. The molecule has 1 aliphatic heterocycles. The first-order valence-electron chi connectivity index (χ1n) is 8.54. The maximum atomic E-state index is 12.7. The van der Waals surface area contributed by atoms with Crippen molar-refractivity contribution in [3.8, 4) is 11.5 Å². The number of methoxy groups -OCH3 is 1. The molecule has 0 aliphatic carbocycles. The van der Waals surface area contributed by atoms with E-state index in [4.69, 9.17) is 21.1 Å². The van der Waals surface area contributed by atoms with Crippen molar-refractivity contribution >= 4 is 29.9 Å². The highest BCUT2D eigenvalue weighted by Crippen LogP contribution is 2.37. The lowest BCUT2D eigenvalue weighted by Gasteiger charge is -2.19. The normalized spacial score (nSPS) is 16.5. The quantitative estimate of drug-likeness (QED) is 0.688. The first-order chi connectivity index (χ1) is 11.6. The largest absolute Gasteiger partial charge is 0.493 e. The van der Waals surface area contributed by atoms with Gasteiger partial charge in [0.05, 0.1) is 18.7 Å². The van der Waals surface area contributed by atoms with Gasteiger partial charge in [-0.3, -0.25) is 4.79 Å². The highest BCUT2D eigenvalue weighted by Gasteiger charge is 2.27. The molecule has 1 unspecified atom stereocenters. The Labute approximate surface area is 161 Å². The summed E-state index contributed by atoms with van der Waals surface area (Å²) in [4.78, 5) is 14.6. The van der Waals surface area contributed by atoms with Crippen LogP contribution in [0.5, 0.6) is 11.5 Å². The van der Waals surface area contributed by atoms with Gasteiger partial charge in [0, 0.05) is 18.7 Å². The zero-order chi connectivity index (χ0) is 17.5. The van der Waals surface area contributed by atoms with Crippen molar-refractivity contribution in [2.75, 3.05) is 40.4 Å². The summed E-state index contributed by atoms with van der Waals surface area (Å²) in [7, 11) is 3.50. The lowest BCUT2D eigenvalue weighted by molar-refractivity contribution is 0.0786. The molecule has 5 nitrogen and oxygen atoms in total. The molecule has 0 radical (unpaired) electrons. The maximum absolute atomic E-state index is 12.7. The molecule has 1 aromatic rings. The molecule has 0 saturated carbocycles. The molecule has 1 amide bonds. The van der Waals surface area contributed by atoms with Crippen molar-refractivity contribution in [1.82, 2.24) is 10.2 Å². The van der Waals surface area contributed by atoms with E-state index in [9.17, 15) is 4.79 Å². The molecule has 0 aromatic heterocycles. The Morgan fingerprint density at radius 2 is 2.20 bits per heavy atom. The number of likely N-dealkylation sites (tertiary alicyclic amines) is 1. The van der Waals surface area contributed by atoms with Gasteiger partial charge in [0.25, 0.3) is 5.91 Å². The molecule has 1 fully saturated rings. The zero-order valence-corrected chi connectivity index (χ0v) is 16.7. The Hall–Kier alpha value is -1.17. The number of rotatable bonds is 8. The van der Waals surface area contributed by atoms with Crippen LogP contribution in [0.25, 0.3) is 0 Å². The number of carbonyl (C=O) groups is 1. The van der Waals surface area contributed by atoms with E-state index in [1.165, 1.54) is 0 Å². The number of hydrogen-bond donors (Lipinski definition) is 1. The average molecular weight is 391 g/mol. The van der Waals surface area contributed by atoms with Crippen LogP contribution in [0.1, 0.15) is 36.5 Å². The van der Waals surface area contributed by atoms with E-state index >= 15 is 0 Å². The van der Waals surface area contributed by atoms with Gasteiger partial charge in [0.15, 0.2) is 11.5 Å². The second kappa shape index (κ2) is 10.7. The van der Waals surface area contributed by atoms with E-state index in [0.29, 0.717) is 34.6 Å². The Morgan fingerprint density at radius 1 is 1.44 bits per heavy atom. The van der Waals surface area contributed by atoms with Crippen LogP contribution in [0.2, 0.25) is 5.02 Å². The molecule has 1 aliphatic rings. The molecular weight excluding hydrogens is 363 g/mol. The van der Waals surface area contributed by atoms with E-state index in [1.54, 1.807) is 19.2 Å². The third-order valence-corrected chi connectivity index (χ3v) is 4.57. The minimum Gasteiger partial charge on any atom is -0.493 e. The van der Waals surface area contributed by atoms with Crippen molar-refractivity contribution < 1.29 is 14.3 Å². The minimum atomic E-state index is -0.00564. The van der Waals surface area contributed by atoms with Crippen LogP contribution in [0.4, 0.5) is 0 Å². The van der Waals surface area contributed by atoms with Gasteiger partial charge in [0.2, 0.25) is 0 Å². The molecule has 0 spiro atoms. The molecule has 1 saturated heterocycles. The fourth-order valence-electron chi connectivity index (χ4n) is 2.96. The summed E-state index contributed by atoms with van der Waals surface area (Å²) in [5, 5.41) is 3.59. The zero-order valence-electron chi connectivity index (χ0n) is 15.1. The van der Waals surface area contributed by atoms with Gasteiger partial charge >= 0.3 is 0 Å². The summed E-state index contributed by atoms with van der Waals surface area (Å²) in [6, 6.07) is 3.40. The summed E-state index contributed by atoms with van der Waals surface area (Å²) in [6.07, 6.45) is 3.01. The fraction of sp³-hybridized carbons (Fsp3) is 0.611. The highest BCUT2D eigenvalue weighted by molar-refractivity contribution is 6.32. The molecule has 1 heterocycles. The summed E-state index contributed by atoms with van der Waals surface area (Å²) in [5.74, 6) is 1.52. The molecule has 25 heavy (non-hydrogen) atoms. The molecule has 0 bridgehead atoms. The number of nitrogens with zero attached hydrogens (tertiary/aromatic N) is 1. The van der Waals surface area contributed by atoms with Crippen LogP contribution in [0.15, 0.2) is 12.1 Å². The van der Waals surface area contributed by atoms with Crippen LogP contribution in [-0.2, 0) is 0 Å². The van der Waals surface area contributed by atoms with Crippen LogP contribution < -0.4 is 14.8 Å². The van der Waals surface area contributed by atoms with Crippen LogP contribution in [0, 0.1) is 5.92 Å². The number of unbranched alkanes of at least 4 members (excludes halogenated alkanes) is 1. The predicted octanol–water partition coefficient (Wildman–Crippen LogP) is 3.63. The van der Waals surface area contributed by atoms with Crippen molar-refractivity contribution in [3.63, 3.8) is 0 Å². The van der Waals surface area contributed by atoms with Crippen molar-refractivity contribution in [2.24, 2.45) is 5.92 Å². The van der Waals surface area contributed by atoms with E-state index in [0.717, 1.165) is 38.9 Å². The van der Waals surface area contributed by atoms with Gasteiger partial charge in [-0.2, -0.15) is 0 Å². The van der Waals surface area contributed by atoms with E-state index in [2.05, 4.69) is 12.2 Å². The number of ether oxygens (including phenoxy) is 2. The first-order valence-corrected chi connectivity index (χ1v) is 8.92. The Bertz CT molecular complexity index is 569. The smallest absolute Gasteiger partial charge is 0.254 e. The number of nitrogens with one attached hydrogen (secondary N) is 1. The standard InChI is InChI=1S/C18H27ClN2O3.ClH/c1-4-5-8-24-17-15(19)9-14(10-16(17)23-3)18(22)21-7-6-13(12-21)11-20-2;/h9-10,13,20H,4-8,11-12H2,1-3H3;1H. The van der Waals surface area contributed by atoms with Crippen molar-refractivity contribution in [3.05, 3.63) is 22.7 Å². The third kappa shape index (κ3) is 5.66. The number of amides is 1. The number of hydrogen-bond acceptors (Lipinski definition) is 4. The summed E-state index contributed by atoms with van der Waals surface area (Å²) in [6.45, 7) is 5.16. The predicted molar refractivity (Wildman–Crippen MR) is 104 cm³/mol. The van der Waals surface area contributed by atoms with E-state index in [-0.39, 0.29) is 18.3 Å². The Kier molecular flexibility index (Phi) is 9.39. The monoisotopic (exact) mass is 390 g/mol. The number of benzene rings is 1. The minimum absolute atomic E-state index is 0. The lowest BCUT2D eigenvalue weighted by Crippen LogP contribution is -2.30. The molecule has 1 aromatic carbocycles. The molecule has 142 valence electrons. The topological polar surface area (TPSA) is 50.8 Å². The molecule has 1 N–H and O–H groups in total. The Balaban J connectivity index is 0.00000312. The second-order valence-corrected chi connectivity index (χ2v) is 6.56. The molecule has 1 atom stereocenters. The summed E-state index contributed by atoms with van der Waals surface area (Å²) < 4.78 is 11.1. The second-order valence-electron chi connectivity index (χ2n) is 6.16. The third-order valence-electron chi connectivity index (χ3n) is 4.29. The maximum Gasteiger partial charge on any atom is 0.254 e.